The third-order valence-electron chi connectivity index (χ3n) is 2.05. The van der Waals surface area contributed by atoms with Gasteiger partial charge in [-0.3, -0.25) is 4.79 Å². The lowest BCUT2D eigenvalue weighted by Crippen LogP contribution is -2.35. The smallest absolute Gasteiger partial charge is 0.239 e. The molecule has 6 nitrogen and oxygen atoms in total. The molecule has 1 rings (SSSR count). The van der Waals surface area contributed by atoms with Crippen molar-refractivity contribution in [2.45, 2.75) is 6.92 Å². The van der Waals surface area contributed by atoms with Crippen LogP contribution >= 0.6 is 0 Å². The first-order chi connectivity index (χ1) is 7.67. The summed E-state index contributed by atoms with van der Waals surface area (Å²) in [6.07, 6.45) is 1.47. The Kier molecular flexibility index (Phi) is 4.50. The van der Waals surface area contributed by atoms with E-state index in [0.29, 0.717) is 12.4 Å². The Morgan fingerprint density at radius 1 is 1.50 bits per heavy atom. The van der Waals surface area contributed by atoms with Crippen molar-refractivity contribution in [3.8, 4) is 0 Å². The summed E-state index contributed by atoms with van der Waals surface area (Å²) in [6, 6.07) is 1.79. The molecule has 2 N–H and O–H groups in total. The van der Waals surface area contributed by atoms with E-state index < -0.39 is 0 Å². The standard InChI is InChI=1S/C10H17N5O/c1-4-12-10(16)6-15(3)9-5-8(11-2)13-7-14-9/h5,7H,4,6H2,1-3H3,(H,12,16)(H,11,13,14). The summed E-state index contributed by atoms with van der Waals surface area (Å²) in [4.78, 5) is 21.2. The zero-order valence-corrected chi connectivity index (χ0v) is 9.82. The summed E-state index contributed by atoms with van der Waals surface area (Å²) in [6.45, 7) is 2.81. The average Bonchev–Trinajstić information content (AvgIpc) is 2.29. The zero-order chi connectivity index (χ0) is 12.0. The maximum Gasteiger partial charge on any atom is 0.239 e. The van der Waals surface area contributed by atoms with Gasteiger partial charge in [-0.15, -0.1) is 0 Å². The molecule has 0 atom stereocenters. The summed E-state index contributed by atoms with van der Waals surface area (Å²) in [7, 11) is 3.60. The van der Waals surface area contributed by atoms with Crippen LogP contribution < -0.4 is 15.5 Å². The van der Waals surface area contributed by atoms with E-state index in [1.165, 1.54) is 6.33 Å². The maximum atomic E-state index is 11.4. The number of carbonyl (C=O) groups is 1. The third kappa shape index (κ3) is 3.38. The normalized spacial score (nSPS) is 9.69. The number of aromatic nitrogens is 2. The highest BCUT2D eigenvalue weighted by Gasteiger charge is 2.08. The van der Waals surface area contributed by atoms with Crippen LogP contribution in [0.25, 0.3) is 0 Å². The summed E-state index contributed by atoms with van der Waals surface area (Å²) in [5.41, 5.74) is 0. The SMILES string of the molecule is CCNC(=O)CN(C)c1cc(NC)ncn1. The zero-order valence-electron chi connectivity index (χ0n) is 9.82. The monoisotopic (exact) mass is 223 g/mol. The molecule has 0 aromatic carbocycles. The number of nitrogens with one attached hydrogen (secondary N) is 2. The number of likely N-dealkylation sites (N-methyl/N-ethyl adjacent to an activating group) is 2. The molecule has 0 aliphatic carbocycles. The van der Waals surface area contributed by atoms with Gasteiger partial charge in [-0.1, -0.05) is 0 Å². The molecule has 1 heterocycles. The predicted molar refractivity (Wildman–Crippen MR) is 63.5 cm³/mol. The van der Waals surface area contributed by atoms with Crippen molar-refractivity contribution in [1.82, 2.24) is 15.3 Å². The molecular weight excluding hydrogens is 206 g/mol. The summed E-state index contributed by atoms with van der Waals surface area (Å²) < 4.78 is 0. The van der Waals surface area contributed by atoms with E-state index in [9.17, 15) is 4.79 Å². The van der Waals surface area contributed by atoms with Crippen molar-refractivity contribution >= 4 is 17.5 Å². The maximum absolute atomic E-state index is 11.4. The van der Waals surface area contributed by atoms with Crippen LogP contribution in [0, 0.1) is 0 Å². The molecule has 0 unspecified atom stereocenters. The highest BCUT2D eigenvalue weighted by molar-refractivity contribution is 5.80. The van der Waals surface area contributed by atoms with Crippen LogP contribution in [0.2, 0.25) is 0 Å². The first-order valence-electron chi connectivity index (χ1n) is 5.15. The molecule has 0 saturated heterocycles. The molecule has 1 aromatic rings. The molecular formula is C10H17N5O. The van der Waals surface area contributed by atoms with Gasteiger partial charge in [-0.25, -0.2) is 9.97 Å². The lowest BCUT2D eigenvalue weighted by molar-refractivity contribution is -0.119. The number of amides is 1. The molecule has 88 valence electrons. The van der Waals surface area contributed by atoms with Gasteiger partial charge in [0.15, 0.2) is 0 Å². The molecule has 0 spiro atoms. The Balaban J connectivity index is 2.64. The van der Waals surface area contributed by atoms with Gasteiger partial charge in [0.1, 0.15) is 18.0 Å². The Hall–Kier alpha value is -1.85. The van der Waals surface area contributed by atoms with E-state index >= 15 is 0 Å². The molecule has 0 aliphatic rings. The number of hydrogen-bond acceptors (Lipinski definition) is 5. The molecule has 0 radical (unpaired) electrons. The second-order valence-corrected chi connectivity index (χ2v) is 3.32. The lowest BCUT2D eigenvalue weighted by Gasteiger charge is -2.17. The Bertz CT molecular complexity index is 355. The molecule has 0 saturated carbocycles. The quantitative estimate of drug-likeness (QED) is 0.740. The minimum absolute atomic E-state index is 0.0189. The van der Waals surface area contributed by atoms with Crippen LogP contribution in [-0.4, -0.2) is 43.1 Å². The van der Waals surface area contributed by atoms with Crippen molar-refractivity contribution in [2.24, 2.45) is 0 Å². The highest BCUT2D eigenvalue weighted by atomic mass is 16.2. The van der Waals surface area contributed by atoms with Crippen molar-refractivity contribution in [2.75, 3.05) is 37.4 Å². The van der Waals surface area contributed by atoms with Gasteiger partial charge in [0, 0.05) is 26.7 Å². The molecule has 0 bridgehead atoms. The fourth-order valence-corrected chi connectivity index (χ4v) is 1.24. The molecule has 1 amide bonds. The summed E-state index contributed by atoms with van der Waals surface area (Å²) in [5.74, 6) is 1.42. The van der Waals surface area contributed by atoms with Gasteiger partial charge in [0.05, 0.1) is 6.54 Å². The van der Waals surface area contributed by atoms with Crippen LogP contribution in [0.4, 0.5) is 11.6 Å². The van der Waals surface area contributed by atoms with Gasteiger partial charge in [-0.05, 0) is 6.92 Å². The van der Waals surface area contributed by atoms with Gasteiger partial charge in [0.25, 0.3) is 0 Å². The summed E-state index contributed by atoms with van der Waals surface area (Å²) >= 11 is 0. The first-order valence-corrected chi connectivity index (χ1v) is 5.15. The molecule has 0 aliphatic heterocycles. The van der Waals surface area contributed by atoms with E-state index in [1.807, 2.05) is 14.0 Å². The van der Waals surface area contributed by atoms with Gasteiger partial charge in [0.2, 0.25) is 5.91 Å². The van der Waals surface area contributed by atoms with E-state index in [-0.39, 0.29) is 12.5 Å². The van der Waals surface area contributed by atoms with Gasteiger partial charge >= 0.3 is 0 Å². The van der Waals surface area contributed by atoms with Crippen LogP contribution in [0.15, 0.2) is 12.4 Å². The first kappa shape index (κ1) is 12.2. The number of hydrogen-bond donors (Lipinski definition) is 2. The van der Waals surface area contributed by atoms with Crippen LogP contribution in [0.1, 0.15) is 6.92 Å². The van der Waals surface area contributed by atoms with E-state index in [4.69, 9.17) is 0 Å². The molecule has 16 heavy (non-hydrogen) atoms. The fraction of sp³-hybridized carbons (Fsp3) is 0.500. The van der Waals surface area contributed by atoms with Crippen LogP contribution in [0.5, 0.6) is 0 Å². The highest BCUT2D eigenvalue weighted by Crippen LogP contribution is 2.11. The fourth-order valence-electron chi connectivity index (χ4n) is 1.24. The Labute approximate surface area is 95.1 Å². The Morgan fingerprint density at radius 2 is 2.25 bits per heavy atom. The number of rotatable bonds is 5. The van der Waals surface area contributed by atoms with Crippen LogP contribution in [-0.2, 0) is 4.79 Å². The van der Waals surface area contributed by atoms with Crippen LogP contribution in [0.3, 0.4) is 0 Å². The molecule has 1 aromatic heterocycles. The van der Waals surface area contributed by atoms with Crippen molar-refractivity contribution in [3.05, 3.63) is 12.4 Å². The number of carbonyl (C=O) groups excluding carboxylic acids is 1. The average molecular weight is 223 g/mol. The lowest BCUT2D eigenvalue weighted by atomic mass is 10.4. The molecule has 0 fully saturated rings. The van der Waals surface area contributed by atoms with Crippen molar-refractivity contribution < 1.29 is 4.79 Å². The largest absolute Gasteiger partial charge is 0.373 e. The summed E-state index contributed by atoms with van der Waals surface area (Å²) in [5, 5.41) is 5.66. The number of anilines is 2. The minimum atomic E-state index is -0.0189. The molecule has 6 heteroatoms. The van der Waals surface area contributed by atoms with Gasteiger partial charge in [-0.2, -0.15) is 0 Å². The van der Waals surface area contributed by atoms with E-state index in [1.54, 1.807) is 18.0 Å². The van der Waals surface area contributed by atoms with E-state index in [0.717, 1.165) is 5.82 Å². The third-order valence-corrected chi connectivity index (χ3v) is 2.05. The van der Waals surface area contributed by atoms with Gasteiger partial charge < -0.3 is 15.5 Å². The Morgan fingerprint density at radius 3 is 2.88 bits per heavy atom. The van der Waals surface area contributed by atoms with Crippen molar-refractivity contribution in [1.29, 1.82) is 0 Å². The second-order valence-electron chi connectivity index (χ2n) is 3.32. The van der Waals surface area contributed by atoms with Crippen molar-refractivity contribution in [3.63, 3.8) is 0 Å². The van der Waals surface area contributed by atoms with E-state index in [2.05, 4.69) is 20.6 Å². The predicted octanol–water partition coefficient (Wildman–Crippen LogP) is 0.0906. The second kappa shape index (κ2) is 5.89. The minimum Gasteiger partial charge on any atom is -0.373 e. The topological polar surface area (TPSA) is 70.2 Å². The number of nitrogens with zero attached hydrogens (tertiary/aromatic N) is 3.